The summed E-state index contributed by atoms with van der Waals surface area (Å²) < 4.78 is 27.3. The van der Waals surface area contributed by atoms with Gasteiger partial charge >= 0.3 is 0 Å². The lowest BCUT2D eigenvalue weighted by atomic mass is 10.5. The van der Waals surface area contributed by atoms with Gasteiger partial charge in [0.2, 0.25) is 5.03 Å². The van der Waals surface area contributed by atoms with Crippen molar-refractivity contribution in [3.05, 3.63) is 16.7 Å². The van der Waals surface area contributed by atoms with Crippen molar-refractivity contribution in [1.29, 1.82) is 0 Å². The number of halogens is 2. The highest BCUT2D eigenvalue weighted by atomic mass is 79.9. The van der Waals surface area contributed by atoms with E-state index in [0.29, 0.717) is 4.47 Å². The molecule has 7 heteroatoms. The summed E-state index contributed by atoms with van der Waals surface area (Å²) in [5, 5.41) is -0.278. The molecule has 0 aliphatic rings. The van der Waals surface area contributed by atoms with E-state index in [1.54, 1.807) is 0 Å². The topological polar surface area (TPSA) is 56.3 Å². The van der Waals surface area contributed by atoms with E-state index in [1.165, 1.54) is 19.4 Å². The van der Waals surface area contributed by atoms with Crippen LogP contribution in [0, 0.1) is 0 Å². The second-order valence-corrected chi connectivity index (χ2v) is 5.50. The largest absolute Gasteiger partial charge is 0.494 e. The Labute approximate surface area is 88.4 Å². The highest BCUT2D eigenvalue weighted by Crippen LogP contribution is 2.26. The zero-order valence-electron chi connectivity index (χ0n) is 6.49. The third-order valence-electron chi connectivity index (χ3n) is 1.24. The maximum absolute atomic E-state index is 10.9. The van der Waals surface area contributed by atoms with Crippen LogP contribution in [-0.4, -0.2) is 20.5 Å². The second-order valence-electron chi connectivity index (χ2n) is 2.10. The third-order valence-corrected chi connectivity index (χ3v) is 2.88. The van der Waals surface area contributed by atoms with Crippen molar-refractivity contribution in [1.82, 2.24) is 4.98 Å². The van der Waals surface area contributed by atoms with Crippen LogP contribution < -0.4 is 4.74 Å². The third kappa shape index (κ3) is 2.55. The zero-order valence-corrected chi connectivity index (χ0v) is 9.65. The molecule has 0 aliphatic carbocycles. The average Bonchev–Trinajstić information content (AvgIpc) is 2.01. The van der Waals surface area contributed by atoms with Crippen molar-refractivity contribution in [3.63, 3.8) is 0 Å². The number of aromatic nitrogens is 1. The highest BCUT2D eigenvalue weighted by molar-refractivity contribution is 9.10. The maximum Gasteiger partial charge on any atom is 0.282 e. The van der Waals surface area contributed by atoms with Gasteiger partial charge in [-0.3, -0.25) is 0 Å². The van der Waals surface area contributed by atoms with Gasteiger partial charge in [0.05, 0.1) is 7.11 Å². The molecular weight excluding hydrogens is 281 g/mol. The SMILES string of the molecule is COc1cc(Br)cnc1S(=O)(=O)Cl. The Morgan fingerprint density at radius 3 is 2.69 bits per heavy atom. The number of pyridine rings is 1. The van der Waals surface area contributed by atoms with E-state index in [9.17, 15) is 8.42 Å². The van der Waals surface area contributed by atoms with E-state index in [0.717, 1.165) is 0 Å². The van der Waals surface area contributed by atoms with E-state index < -0.39 is 9.05 Å². The van der Waals surface area contributed by atoms with Crippen molar-refractivity contribution < 1.29 is 13.2 Å². The predicted octanol–water partition coefficient (Wildman–Crippen LogP) is 1.78. The Bertz CT molecular complexity index is 420. The number of ether oxygens (including phenoxy) is 1. The molecule has 13 heavy (non-hydrogen) atoms. The number of hydrogen-bond donors (Lipinski definition) is 0. The van der Waals surface area contributed by atoms with Crippen molar-refractivity contribution >= 4 is 35.7 Å². The summed E-state index contributed by atoms with van der Waals surface area (Å²) in [6.45, 7) is 0. The first kappa shape index (κ1) is 10.7. The highest BCUT2D eigenvalue weighted by Gasteiger charge is 2.18. The summed E-state index contributed by atoms with van der Waals surface area (Å²) in [4.78, 5) is 3.63. The summed E-state index contributed by atoms with van der Waals surface area (Å²) in [5.74, 6) is 0.115. The number of hydrogen-bond acceptors (Lipinski definition) is 4. The molecule has 0 fully saturated rings. The molecule has 0 N–H and O–H groups in total. The Morgan fingerprint density at radius 2 is 2.23 bits per heavy atom. The lowest BCUT2D eigenvalue weighted by molar-refractivity contribution is 0.398. The molecule has 1 rings (SSSR count). The molecule has 1 heterocycles. The molecule has 0 amide bonds. The minimum absolute atomic E-state index is 0.115. The van der Waals surface area contributed by atoms with Gasteiger partial charge in [-0.15, -0.1) is 0 Å². The Hall–Kier alpha value is -0.330. The van der Waals surface area contributed by atoms with Gasteiger partial charge in [0.15, 0.2) is 5.75 Å². The zero-order chi connectivity index (χ0) is 10.1. The Morgan fingerprint density at radius 1 is 1.62 bits per heavy atom. The Kier molecular flexibility index (Phi) is 3.15. The summed E-state index contributed by atoms with van der Waals surface area (Å²) in [6, 6.07) is 1.47. The van der Waals surface area contributed by atoms with Crippen LogP contribution in [-0.2, 0) is 9.05 Å². The van der Waals surface area contributed by atoms with Crippen LogP contribution in [0.2, 0.25) is 0 Å². The molecule has 0 atom stereocenters. The molecule has 0 radical (unpaired) electrons. The smallest absolute Gasteiger partial charge is 0.282 e. The maximum atomic E-state index is 10.9. The minimum Gasteiger partial charge on any atom is -0.494 e. The molecule has 0 spiro atoms. The quantitative estimate of drug-likeness (QED) is 0.778. The summed E-state index contributed by atoms with van der Waals surface area (Å²) in [7, 11) is 2.60. The van der Waals surface area contributed by atoms with Crippen molar-refractivity contribution in [3.8, 4) is 5.75 Å². The normalized spacial score (nSPS) is 11.3. The lowest BCUT2D eigenvalue weighted by Gasteiger charge is -2.03. The molecule has 4 nitrogen and oxygen atoms in total. The monoisotopic (exact) mass is 285 g/mol. The number of rotatable bonds is 2. The first-order valence-electron chi connectivity index (χ1n) is 3.09. The fourth-order valence-electron chi connectivity index (χ4n) is 0.737. The first-order valence-corrected chi connectivity index (χ1v) is 6.19. The van der Waals surface area contributed by atoms with Gasteiger partial charge in [-0.2, -0.15) is 0 Å². The standard InChI is InChI=1S/C6H5BrClNO3S/c1-12-5-2-4(7)3-9-6(5)13(8,10)11/h2-3H,1H3. The number of methoxy groups -OCH3 is 1. The molecular formula is C6H5BrClNO3S. The molecule has 0 aromatic carbocycles. The van der Waals surface area contributed by atoms with Crippen molar-refractivity contribution in [2.24, 2.45) is 0 Å². The van der Waals surface area contributed by atoms with Crippen LogP contribution >= 0.6 is 26.6 Å². The van der Waals surface area contributed by atoms with Gasteiger partial charge in [0.25, 0.3) is 9.05 Å². The molecule has 0 bridgehead atoms. The van der Waals surface area contributed by atoms with E-state index in [4.69, 9.17) is 15.4 Å². The molecule has 1 aromatic heterocycles. The van der Waals surface area contributed by atoms with Crippen LogP contribution in [0.3, 0.4) is 0 Å². The average molecular weight is 287 g/mol. The molecule has 0 saturated heterocycles. The van der Waals surface area contributed by atoms with Crippen LogP contribution in [0.4, 0.5) is 0 Å². The number of nitrogens with zero attached hydrogens (tertiary/aromatic N) is 1. The Balaban J connectivity index is 3.39. The van der Waals surface area contributed by atoms with Gasteiger partial charge in [-0.25, -0.2) is 13.4 Å². The van der Waals surface area contributed by atoms with Gasteiger partial charge in [-0.1, -0.05) is 0 Å². The lowest BCUT2D eigenvalue weighted by Crippen LogP contribution is -1.99. The molecule has 1 aromatic rings. The van der Waals surface area contributed by atoms with Crippen molar-refractivity contribution in [2.45, 2.75) is 5.03 Å². The van der Waals surface area contributed by atoms with Gasteiger partial charge in [-0.05, 0) is 22.0 Å². The summed E-state index contributed by atoms with van der Waals surface area (Å²) in [5.41, 5.74) is 0. The van der Waals surface area contributed by atoms with E-state index in [2.05, 4.69) is 20.9 Å². The van der Waals surface area contributed by atoms with E-state index in [1.807, 2.05) is 0 Å². The van der Waals surface area contributed by atoms with Crippen LogP contribution in [0.1, 0.15) is 0 Å². The van der Waals surface area contributed by atoms with E-state index in [-0.39, 0.29) is 10.8 Å². The first-order chi connectivity index (χ1) is 5.95. The van der Waals surface area contributed by atoms with Crippen molar-refractivity contribution in [2.75, 3.05) is 7.11 Å². The van der Waals surface area contributed by atoms with Gasteiger partial charge < -0.3 is 4.74 Å². The molecule has 0 aliphatic heterocycles. The molecule has 0 saturated carbocycles. The molecule has 0 unspecified atom stereocenters. The molecule has 72 valence electrons. The van der Waals surface area contributed by atoms with Crippen LogP contribution in [0.25, 0.3) is 0 Å². The van der Waals surface area contributed by atoms with Gasteiger partial charge in [0.1, 0.15) is 0 Å². The predicted molar refractivity (Wildman–Crippen MR) is 51.5 cm³/mol. The minimum atomic E-state index is -3.85. The van der Waals surface area contributed by atoms with E-state index >= 15 is 0 Å². The van der Waals surface area contributed by atoms with Crippen LogP contribution in [0.15, 0.2) is 21.8 Å². The van der Waals surface area contributed by atoms with Gasteiger partial charge in [0, 0.05) is 21.4 Å². The fraction of sp³-hybridized carbons (Fsp3) is 0.167. The summed E-state index contributed by atoms with van der Waals surface area (Å²) in [6.07, 6.45) is 1.33. The fourth-order valence-corrected chi connectivity index (χ4v) is 1.96. The summed E-state index contributed by atoms with van der Waals surface area (Å²) >= 11 is 3.12. The van der Waals surface area contributed by atoms with Crippen LogP contribution in [0.5, 0.6) is 5.75 Å². The second kappa shape index (κ2) is 3.81.